The van der Waals surface area contributed by atoms with E-state index in [1.807, 2.05) is 36.4 Å². The quantitative estimate of drug-likeness (QED) is 0.680. The molecular formula is C18H20IN3O3. The number of morpholine rings is 1. The van der Waals surface area contributed by atoms with Gasteiger partial charge in [-0.2, -0.15) is 0 Å². The van der Waals surface area contributed by atoms with Crippen LogP contribution in [-0.4, -0.2) is 43.8 Å². The molecule has 0 bridgehead atoms. The number of ether oxygens (including phenoxy) is 2. The number of hydrogen-bond donors (Lipinski definition) is 1. The zero-order valence-electron chi connectivity index (χ0n) is 13.8. The first-order valence-corrected chi connectivity index (χ1v) is 9.21. The maximum atomic E-state index is 12.0. The van der Waals surface area contributed by atoms with Gasteiger partial charge in [0.2, 0.25) is 0 Å². The number of nitrogens with one attached hydrogen (secondary N) is 1. The normalized spacial score (nSPS) is 14.2. The third-order valence-corrected chi connectivity index (χ3v) is 4.54. The first kappa shape index (κ1) is 17.9. The topological polar surface area (TPSA) is 63.7 Å². The van der Waals surface area contributed by atoms with Crippen LogP contribution in [0.15, 0.2) is 42.6 Å². The van der Waals surface area contributed by atoms with Gasteiger partial charge in [-0.05, 0) is 64.6 Å². The Morgan fingerprint density at radius 1 is 1.24 bits per heavy atom. The number of pyridine rings is 1. The van der Waals surface area contributed by atoms with Crippen molar-refractivity contribution in [2.24, 2.45) is 0 Å². The zero-order valence-corrected chi connectivity index (χ0v) is 15.9. The van der Waals surface area contributed by atoms with E-state index in [0.717, 1.165) is 41.3 Å². The second-order valence-electron chi connectivity index (χ2n) is 5.64. The molecule has 1 aliphatic heterocycles. The number of carbonyl (C=O) groups excluding carboxylic acids is 1. The maximum absolute atomic E-state index is 12.0. The third kappa shape index (κ3) is 5.57. The van der Waals surface area contributed by atoms with Crippen LogP contribution in [0, 0.1) is 3.57 Å². The largest absolute Gasteiger partial charge is 0.484 e. The van der Waals surface area contributed by atoms with Crippen LogP contribution < -0.4 is 15.0 Å². The number of rotatable bonds is 6. The van der Waals surface area contributed by atoms with Gasteiger partial charge in [-0.3, -0.25) is 4.79 Å². The summed E-state index contributed by atoms with van der Waals surface area (Å²) >= 11 is 2.23. The number of benzene rings is 1. The van der Waals surface area contributed by atoms with Crippen molar-refractivity contribution in [3.05, 3.63) is 51.7 Å². The minimum absolute atomic E-state index is 0.00198. The van der Waals surface area contributed by atoms with Gasteiger partial charge >= 0.3 is 0 Å². The fourth-order valence-corrected chi connectivity index (χ4v) is 2.83. The van der Waals surface area contributed by atoms with Gasteiger partial charge in [0, 0.05) is 29.4 Å². The first-order valence-electron chi connectivity index (χ1n) is 8.13. The third-order valence-electron chi connectivity index (χ3n) is 3.82. The molecule has 7 heteroatoms. The first-order chi connectivity index (χ1) is 12.2. The van der Waals surface area contributed by atoms with Crippen LogP contribution in [-0.2, 0) is 16.1 Å². The summed E-state index contributed by atoms with van der Waals surface area (Å²) in [6, 6.07) is 11.5. The fourth-order valence-electron chi connectivity index (χ4n) is 2.47. The van der Waals surface area contributed by atoms with E-state index in [1.54, 1.807) is 6.20 Å². The number of hydrogen-bond acceptors (Lipinski definition) is 5. The number of amides is 1. The molecule has 0 saturated carbocycles. The Balaban J connectivity index is 1.47. The average Bonchev–Trinajstić information content (AvgIpc) is 2.67. The second-order valence-corrected chi connectivity index (χ2v) is 6.89. The number of anilines is 1. The van der Waals surface area contributed by atoms with Crippen LogP contribution in [0.2, 0.25) is 0 Å². The highest BCUT2D eigenvalue weighted by molar-refractivity contribution is 14.1. The highest BCUT2D eigenvalue weighted by Crippen LogP contribution is 2.15. The van der Waals surface area contributed by atoms with E-state index < -0.39 is 0 Å². The van der Waals surface area contributed by atoms with Crippen LogP contribution >= 0.6 is 22.6 Å². The highest BCUT2D eigenvalue weighted by Gasteiger charge is 2.12. The van der Waals surface area contributed by atoms with Crippen molar-refractivity contribution in [2.75, 3.05) is 37.8 Å². The minimum Gasteiger partial charge on any atom is -0.484 e. The van der Waals surface area contributed by atoms with Gasteiger partial charge in [0.25, 0.3) is 5.91 Å². The molecule has 6 nitrogen and oxygen atoms in total. The van der Waals surface area contributed by atoms with Crippen molar-refractivity contribution in [1.29, 1.82) is 0 Å². The summed E-state index contributed by atoms with van der Waals surface area (Å²) in [5.74, 6) is 1.46. The van der Waals surface area contributed by atoms with E-state index in [-0.39, 0.29) is 12.5 Å². The molecule has 1 aromatic carbocycles. The molecule has 1 amide bonds. The van der Waals surface area contributed by atoms with Crippen LogP contribution in [0.4, 0.5) is 5.82 Å². The lowest BCUT2D eigenvalue weighted by molar-refractivity contribution is -0.123. The zero-order chi connectivity index (χ0) is 17.5. The summed E-state index contributed by atoms with van der Waals surface area (Å²) in [5, 5.41) is 2.87. The standard InChI is InChI=1S/C18H20IN3O3/c19-15-1-3-16(4-2-15)25-13-18(23)21-12-14-5-6-20-17(11-14)22-7-9-24-10-8-22/h1-6,11H,7-10,12-13H2,(H,21,23). The Kier molecular flexibility index (Phi) is 6.46. The lowest BCUT2D eigenvalue weighted by atomic mass is 10.2. The molecule has 0 radical (unpaired) electrons. The Morgan fingerprint density at radius 3 is 2.76 bits per heavy atom. The summed E-state index contributed by atoms with van der Waals surface area (Å²) in [5.41, 5.74) is 1.01. The number of aromatic nitrogens is 1. The van der Waals surface area contributed by atoms with Crippen molar-refractivity contribution < 1.29 is 14.3 Å². The van der Waals surface area contributed by atoms with Crippen molar-refractivity contribution in [3.8, 4) is 5.75 Å². The summed E-state index contributed by atoms with van der Waals surface area (Å²) in [7, 11) is 0. The van der Waals surface area contributed by atoms with Crippen LogP contribution in [0.3, 0.4) is 0 Å². The number of nitrogens with zero attached hydrogens (tertiary/aromatic N) is 2. The van der Waals surface area contributed by atoms with Gasteiger partial charge in [0.05, 0.1) is 13.2 Å². The van der Waals surface area contributed by atoms with Gasteiger partial charge in [-0.25, -0.2) is 4.98 Å². The van der Waals surface area contributed by atoms with Gasteiger partial charge < -0.3 is 19.7 Å². The van der Waals surface area contributed by atoms with Crippen LogP contribution in [0.5, 0.6) is 5.75 Å². The molecular weight excluding hydrogens is 433 g/mol. The monoisotopic (exact) mass is 453 g/mol. The molecule has 0 spiro atoms. The number of carbonyl (C=O) groups is 1. The molecule has 132 valence electrons. The van der Waals surface area contributed by atoms with E-state index in [4.69, 9.17) is 9.47 Å². The maximum Gasteiger partial charge on any atom is 0.258 e. The van der Waals surface area contributed by atoms with Crippen molar-refractivity contribution >= 4 is 34.3 Å². The van der Waals surface area contributed by atoms with E-state index in [2.05, 4.69) is 37.8 Å². The van der Waals surface area contributed by atoms with Crippen LogP contribution in [0.25, 0.3) is 0 Å². The van der Waals surface area contributed by atoms with Crippen LogP contribution in [0.1, 0.15) is 5.56 Å². The molecule has 1 saturated heterocycles. The Morgan fingerprint density at radius 2 is 2.00 bits per heavy atom. The molecule has 0 atom stereocenters. The average molecular weight is 453 g/mol. The van der Waals surface area contributed by atoms with Gasteiger partial charge in [-0.15, -0.1) is 0 Å². The predicted octanol–water partition coefficient (Wildman–Crippen LogP) is 2.22. The van der Waals surface area contributed by atoms with Crippen molar-refractivity contribution in [1.82, 2.24) is 10.3 Å². The second kappa shape index (κ2) is 9.00. The summed E-state index contributed by atoms with van der Waals surface area (Å²) in [6.45, 7) is 3.58. The highest BCUT2D eigenvalue weighted by atomic mass is 127. The fraction of sp³-hybridized carbons (Fsp3) is 0.333. The molecule has 2 heterocycles. The van der Waals surface area contributed by atoms with Gasteiger partial charge in [0.15, 0.2) is 6.61 Å². The molecule has 3 rings (SSSR count). The summed E-state index contributed by atoms with van der Waals surface area (Å²) < 4.78 is 12.0. The molecule has 1 aromatic heterocycles. The van der Waals surface area contributed by atoms with Gasteiger partial charge in [0.1, 0.15) is 11.6 Å². The summed E-state index contributed by atoms with van der Waals surface area (Å²) in [6.07, 6.45) is 1.77. The molecule has 1 aliphatic rings. The van der Waals surface area contributed by atoms with E-state index in [0.29, 0.717) is 12.3 Å². The van der Waals surface area contributed by atoms with Gasteiger partial charge in [-0.1, -0.05) is 0 Å². The smallest absolute Gasteiger partial charge is 0.258 e. The van der Waals surface area contributed by atoms with E-state index in [1.165, 1.54) is 0 Å². The molecule has 25 heavy (non-hydrogen) atoms. The predicted molar refractivity (Wildman–Crippen MR) is 104 cm³/mol. The molecule has 0 aliphatic carbocycles. The summed E-state index contributed by atoms with van der Waals surface area (Å²) in [4.78, 5) is 18.6. The Bertz CT molecular complexity index is 703. The number of halogens is 1. The van der Waals surface area contributed by atoms with Crippen molar-refractivity contribution in [3.63, 3.8) is 0 Å². The lowest BCUT2D eigenvalue weighted by Crippen LogP contribution is -2.36. The lowest BCUT2D eigenvalue weighted by Gasteiger charge is -2.28. The SMILES string of the molecule is O=C(COc1ccc(I)cc1)NCc1ccnc(N2CCOCC2)c1. The van der Waals surface area contributed by atoms with E-state index >= 15 is 0 Å². The molecule has 0 unspecified atom stereocenters. The van der Waals surface area contributed by atoms with E-state index in [9.17, 15) is 4.79 Å². The Labute approximate surface area is 160 Å². The minimum atomic E-state index is -0.150. The Hall–Kier alpha value is -1.87. The molecule has 2 aromatic rings. The molecule has 1 fully saturated rings. The van der Waals surface area contributed by atoms with Crippen molar-refractivity contribution in [2.45, 2.75) is 6.54 Å². The molecule has 1 N–H and O–H groups in total.